The highest BCUT2D eigenvalue weighted by Gasteiger charge is 2.21. The first kappa shape index (κ1) is 27.1. The van der Waals surface area contributed by atoms with Gasteiger partial charge in [-0.1, -0.05) is 121 Å². The van der Waals surface area contributed by atoms with E-state index in [1.54, 1.807) is 0 Å². The van der Waals surface area contributed by atoms with E-state index in [0.29, 0.717) is 5.82 Å². The number of benzene rings is 7. The van der Waals surface area contributed by atoms with E-state index in [2.05, 4.69) is 156 Å². The molecule has 0 atom stereocenters. The Kier molecular flexibility index (Phi) is 6.05. The van der Waals surface area contributed by atoms with Crippen molar-refractivity contribution >= 4 is 64.1 Å². The lowest BCUT2D eigenvalue weighted by Crippen LogP contribution is -1.97. The number of rotatable bonds is 4. The maximum atomic E-state index is 5.07. The molecule has 10 rings (SSSR count). The van der Waals surface area contributed by atoms with E-state index in [1.807, 2.05) is 23.5 Å². The van der Waals surface area contributed by atoms with Gasteiger partial charge in [0.2, 0.25) is 0 Å². The number of hydrogen-bond donors (Lipinski definition) is 0. The zero-order valence-electron chi connectivity index (χ0n) is 25.8. The third kappa shape index (κ3) is 4.13. The topological polar surface area (TPSA) is 30.7 Å². The summed E-state index contributed by atoms with van der Waals surface area (Å²) in [4.78, 5) is 10.1. The maximum absolute atomic E-state index is 5.07. The second-order valence-electron chi connectivity index (χ2n) is 12.2. The average Bonchev–Trinajstić information content (AvgIpc) is 3.73. The lowest BCUT2D eigenvalue weighted by Gasteiger charge is -2.12. The largest absolute Gasteiger partial charge is 0.308 e. The maximum Gasteiger partial charge on any atom is 0.160 e. The zero-order valence-corrected chi connectivity index (χ0v) is 26.7. The van der Waals surface area contributed by atoms with Crippen LogP contribution in [-0.2, 0) is 0 Å². The Labute approximate surface area is 281 Å². The van der Waals surface area contributed by atoms with Crippen molar-refractivity contribution in [1.29, 1.82) is 0 Å². The molecular weight excluding hydrogens is 603 g/mol. The Morgan fingerprint density at radius 1 is 0.438 bits per heavy atom. The van der Waals surface area contributed by atoms with Crippen molar-refractivity contribution in [3.8, 4) is 39.6 Å². The van der Waals surface area contributed by atoms with Crippen LogP contribution in [0.3, 0.4) is 0 Å². The molecule has 0 radical (unpaired) electrons. The lowest BCUT2D eigenvalue weighted by molar-refractivity contribution is 1.17. The third-order valence-electron chi connectivity index (χ3n) is 9.40. The van der Waals surface area contributed by atoms with Crippen molar-refractivity contribution in [1.82, 2.24) is 14.5 Å². The van der Waals surface area contributed by atoms with Crippen LogP contribution in [0, 0.1) is 0 Å². The number of hydrogen-bond acceptors (Lipinski definition) is 3. The summed E-state index contributed by atoms with van der Waals surface area (Å²) in [6.45, 7) is 0. The molecule has 3 heterocycles. The van der Waals surface area contributed by atoms with E-state index in [-0.39, 0.29) is 0 Å². The molecule has 3 nitrogen and oxygen atoms in total. The van der Waals surface area contributed by atoms with Crippen molar-refractivity contribution in [2.75, 3.05) is 0 Å². The van der Waals surface area contributed by atoms with Crippen LogP contribution in [0.1, 0.15) is 0 Å². The van der Waals surface area contributed by atoms with Gasteiger partial charge in [0.25, 0.3) is 0 Å². The first-order valence-electron chi connectivity index (χ1n) is 16.2. The summed E-state index contributed by atoms with van der Waals surface area (Å²) in [6, 6.07) is 58.0. The normalized spacial score (nSPS) is 11.8. The van der Waals surface area contributed by atoms with E-state index < -0.39 is 0 Å². The van der Waals surface area contributed by atoms with Crippen LogP contribution in [-0.4, -0.2) is 14.5 Å². The van der Waals surface area contributed by atoms with Gasteiger partial charge in [-0.15, -0.1) is 11.3 Å². The van der Waals surface area contributed by atoms with Crippen LogP contribution in [0.5, 0.6) is 0 Å². The minimum atomic E-state index is 0.710. The molecule has 224 valence electrons. The van der Waals surface area contributed by atoms with Gasteiger partial charge in [0, 0.05) is 48.6 Å². The second kappa shape index (κ2) is 10.7. The SMILES string of the molecule is c1ccc(-c2cc(-c3ccccc3)nc(-c3ccc(-n4c5ccccc5c5c6ccccc6c6c7ccccc7sc6c54)cc3)n2)cc1. The molecule has 3 aromatic heterocycles. The van der Waals surface area contributed by atoms with E-state index >= 15 is 0 Å². The van der Waals surface area contributed by atoms with Gasteiger partial charge in [-0.05, 0) is 53.2 Å². The molecule has 0 saturated heterocycles. The molecule has 4 heteroatoms. The number of nitrogens with zero attached hydrogens (tertiary/aromatic N) is 3. The predicted molar refractivity (Wildman–Crippen MR) is 203 cm³/mol. The first-order chi connectivity index (χ1) is 23.8. The minimum absolute atomic E-state index is 0.710. The van der Waals surface area contributed by atoms with Crippen LogP contribution in [0.25, 0.3) is 92.3 Å². The quantitative estimate of drug-likeness (QED) is 0.194. The monoisotopic (exact) mass is 629 g/mol. The van der Waals surface area contributed by atoms with Gasteiger partial charge in [-0.2, -0.15) is 0 Å². The molecule has 0 fully saturated rings. The van der Waals surface area contributed by atoms with Crippen molar-refractivity contribution in [2.24, 2.45) is 0 Å². The van der Waals surface area contributed by atoms with Gasteiger partial charge >= 0.3 is 0 Å². The Balaban J connectivity index is 1.21. The van der Waals surface area contributed by atoms with Crippen molar-refractivity contribution in [3.05, 3.63) is 164 Å². The Morgan fingerprint density at radius 3 is 1.65 bits per heavy atom. The molecule has 48 heavy (non-hydrogen) atoms. The van der Waals surface area contributed by atoms with Crippen molar-refractivity contribution < 1.29 is 0 Å². The van der Waals surface area contributed by atoms with Gasteiger partial charge in [-0.3, -0.25) is 0 Å². The molecule has 0 aliphatic heterocycles. The summed E-state index contributed by atoms with van der Waals surface area (Å²) in [5.41, 5.74) is 8.50. The molecule has 0 aliphatic rings. The van der Waals surface area contributed by atoms with E-state index in [1.165, 1.54) is 52.8 Å². The highest BCUT2D eigenvalue weighted by atomic mass is 32.1. The van der Waals surface area contributed by atoms with Gasteiger partial charge in [0.05, 0.1) is 27.1 Å². The lowest BCUT2D eigenvalue weighted by atomic mass is 9.99. The molecule has 0 bridgehead atoms. The zero-order chi connectivity index (χ0) is 31.6. The minimum Gasteiger partial charge on any atom is -0.308 e. The highest BCUT2D eigenvalue weighted by molar-refractivity contribution is 7.27. The predicted octanol–water partition coefficient (Wildman–Crippen LogP) is 12.1. The van der Waals surface area contributed by atoms with E-state index in [0.717, 1.165) is 33.8 Å². The third-order valence-corrected chi connectivity index (χ3v) is 10.6. The van der Waals surface area contributed by atoms with Gasteiger partial charge in [0.15, 0.2) is 5.82 Å². The van der Waals surface area contributed by atoms with E-state index in [9.17, 15) is 0 Å². The summed E-state index contributed by atoms with van der Waals surface area (Å²) < 4.78 is 5.08. The summed E-state index contributed by atoms with van der Waals surface area (Å²) >= 11 is 1.89. The fraction of sp³-hybridized carbons (Fsp3) is 0. The average molecular weight is 630 g/mol. The fourth-order valence-electron chi connectivity index (χ4n) is 7.24. The molecule has 0 aliphatic carbocycles. The summed E-state index contributed by atoms with van der Waals surface area (Å²) in [5.74, 6) is 0.710. The van der Waals surface area contributed by atoms with Crippen molar-refractivity contribution in [3.63, 3.8) is 0 Å². The number of aromatic nitrogens is 3. The van der Waals surface area contributed by atoms with Crippen LogP contribution >= 0.6 is 11.3 Å². The van der Waals surface area contributed by atoms with Crippen LogP contribution < -0.4 is 0 Å². The molecule has 0 amide bonds. The van der Waals surface area contributed by atoms with Crippen molar-refractivity contribution in [2.45, 2.75) is 0 Å². The summed E-state index contributed by atoms with van der Waals surface area (Å²) in [6.07, 6.45) is 0. The fourth-order valence-corrected chi connectivity index (χ4v) is 8.50. The van der Waals surface area contributed by atoms with Gasteiger partial charge in [-0.25, -0.2) is 9.97 Å². The van der Waals surface area contributed by atoms with Gasteiger partial charge < -0.3 is 4.57 Å². The first-order valence-corrected chi connectivity index (χ1v) is 17.0. The number of para-hydroxylation sites is 1. The molecule has 0 unspecified atom stereocenters. The molecule has 10 aromatic rings. The Hall–Kier alpha value is -6.10. The Bertz CT molecular complexity index is 2760. The molecule has 0 saturated carbocycles. The number of thiophene rings is 1. The summed E-state index contributed by atoms with van der Waals surface area (Å²) in [7, 11) is 0. The smallest absolute Gasteiger partial charge is 0.160 e. The standard InChI is InChI=1S/C44H27N3S/c1-3-13-28(14-4-1)36-27-37(29-15-5-2-6-16-29)46-44(45-36)30-23-25-31(26-24-30)47-38-21-11-9-19-34(38)40-32-17-7-8-18-33(32)41-35-20-10-12-22-39(35)48-43(41)42(40)47/h1-27H. The molecule has 0 spiro atoms. The molecular formula is C44H27N3S. The molecule has 7 aromatic carbocycles. The second-order valence-corrected chi connectivity index (χ2v) is 13.2. The highest BCUT2D eigenvalue weighted by Crippen LogP contribution is 2.47. The summed E-state index contributed by atoms with van der Waals surface area (Å²) in [5, 5.41) is 7.80. The van der Waals surface area contributed by atoms with Gasteiger partial charge in [0.1, 0.15) is 0 Å². The Morgan fingerprint density at radius 2 is 0.979 bits per heavy atom. The van der Waals surface area contributed by atoms with Crippen LogP contribution in [0.2, 0.25) is 0 Å². The van der Waals surface area contributed by atoms with Crippen LogP contribution in [0.4, 0.5) is 0 Å². The number of fused-ring (bicyclic) bond motifs is 10. The van der Waals surface area contributed by atoms with Crippen LogP contribution in [0.15, 0.2) is 164 Å². The molecule has 0 N–H and O–H groups in total. The van der Waals surface area contributed by atoms with E-state index in [4.69, 9.17) is 9.97 Å².